The van der Waals surface area contributed by atoms with Crippen LogP contribution >= 0.6 is 39.9 Å². The standard InChI is InChI=1S/C19H16BrNO2S2/c1-2-23-16-9-8-14(10-15(16)20)11-17-18(22)21(19(24)25-17)12-13-6-4-3-5-7-13/h3-11H,2,12H2,1H3/b17-11+. The van der Waals surface area contributed by atoms with Gasteiger partial charge in [0.05, 0.1) is 22.5 Å². The average Bonchev–Trinajstić information content (AvgIpc) is 2.86. The number of carbonyl (C=O) groups excluding carboxylic acids is 1. The van der Waals surface area contributed by atoms with Gasteiger partial charge in [0.25, 0.3) is 5.91 Å². The molecule has 128 valence electrons. The molecule has 3 nitrogen and oxygen atoms in total. The predicted octanol–water partition coefficient (Wildman–Crippen LogP) is 5.25. The molecule has 0 atom stereocenters. The SMILES string of the molecule is CCOc1ccc(/C=C2/SC(=S)N(Cc3ccccc3)C2=O)cc1Br. The third-order valence-corrected chi connectivity index (χ3v) is 5.61. The molecule has 0 radical (unpaired) electrons. The average molecular weight is 434 g/mol. The zero-order valence-electron chi connectivity index (χ0n) is 13.6. The number of benzene rings is 2. The number of nitrogens with zero attached hydrogens (tertiary/aromatic N) is 1. The van der Waals surface area contributed by atoms with Gasteiger partial charge in [-0.15, -0.1) is 0 Å². The maximum Gasteiger partial charge on any atom is 0.266 e. The molecule has 1 saturated heterocycles. The minimum atomic E-state index is -0.0520. The van der Waals surface area contributed by atoms with Crippen LogP contribution in [0.1, 0.15) is 18.1 Å². The Bertz CT molecular complexity index is 837. The van der Waals surface area contributed by atoms with Crippen molar-refractivity contribution in [3.63, 3.8) is 0 Å². The lowest BCUT2D eigenvalue weighted by Crippen LogP contribution is -2.27. The first-order valence-corrected chi connectivity index (χ1v) is 9.82. The van der Waals surface area contributed by atoms with Crippen molar-refractivity contribution in [2.45, 2.75) is 13.5 Å². The summed E-state index contributed by atoms with van der Waals surface area (Å²) in [7, 11) is 0. The van der Waals surface area contributed by atoms with E-state index in [1.807, 2.05) is 61.5 Å². The number of amides is 1. The number of ether oxygens (including phenoxy) is 1. The highest BCUT2D eigenvalue weighted by atomic mass is 79.9. The largest absolute Gasteiger partial charge is 0.493 e. The summed E-state index contributed by atoms with van der Waals surface area (Å²) in [5.74, 6) is 0.736. The summed E-state index contributed by atoms with van der Waals surface area (Å²) >= 11 is 10.2. The maximum absolute atomic E-state index is 12.7. The first-order valence-electron chi connectivity index (χ1n) is 7.80. The fourth-order valence-corrected chi connectivity index (χ4v) is 4.20. The zero-order valence-corrected chi connectivity index (χ0v) is 16.8. The minimum absolute atomic E-state index is 0.0520. The van der Waals surface area contributed by atoms with Crippen molar-refractivity contribution < 1.29 is 9.53 Å². The van der Waals surface area contributed by atoms with E-state index in [4.69, 9.17) is 17.0 Å². The third-order valence-electron chi connectivity index (χ3n) is 3.61. The Morgan fingerprint density at radius 2 is 2.00 bits per heavy atom. The smallest absolute Gasteiger partial charge is 0.266 e. The van der Waals surface area contributed by atoms with Crippen LogP contribution in [0.25, 0.3) is 6.08 Å². The Morgan fingerprint density at radius 3 is 2.68 bits per heavy atom. The summed E-state index contributed by atoms with van der Waals surface area (Å²) in [5.41, 5.74) is 1.99. The van der Waals surface area contributed by atoms with Crippen molar-refractivity contribution in [1.29, 1.82) is 0 Å². The Hall–Kier alpha value is -1.63. The number of rotatable bonds is 5. The van der Waals surface area contributed by atoms with Gasteiger partial charge in [0.2, 0.25) is 0 Å². The molecule has 0 aromatic heterocycles. The van der Waals surface area contributed by atoms with Gasteiger partial charge in [0, 0.05) is 0 Å². The summed E-state index contributed by atoms with van der Waals surface area (Å²) in [5, 5.41) is 0. The Labute approximate surface area is 165 Å². The Balaban J connectivity index is 1.79. The van der Waals surface area contributed by atoms with Crippen molar-refractivity contribution in [2.75, 3.05) is 6.61 Å². The molecule has 0 spiro atoms. The van der Waals surface area contributed by atoms with Crippen molar-refractivity contribution in [3.8, 4) is 5.75 Å². The van der Waals surface area contributed by atoms with Crippen LogP contribution in [0.3, 0.4) is 0 Å². The van der Waals surface area contributed by atoms with Gasteiger partial charge in [-0.1, -0.05) is 60.4 Å². The summed E-state index contributed by atoms with van der Waals surface area (Å²) in [6.07, 6.45) is 1.87. The molecule has 0 saturated carbocycles. The molecule has 1 heterocycles. The van der Waals surface area contributed by atoms with Gasteiger partial charge in [-0.2, -0.15) is 0 Å². The lowest BCUT2D eigenvalue weighted by Gasteiger charge is -2.14. The molecular weight excluding hydrogens is 418 g/mol. The van der Waals surface area contributed by atoms with E-state index in [0.717, 1.165) is 21.3 Å². The van der Waals surface area contributed by atoms with Gasteiger partial charge in [-0.3, -0.25) is 9.69 Å². The van der Waals surface area contributed by atoms with Gasteiger partial charge in [-0.05, 0) is 52.2 Å². The van der Waals surface area contributed by atoms with Gasteiger partial charge in [-0.25, -0.2) is 0 Å². The van der Waals surface area contributed by atoms with Crippen LogP contribution in [-0.2, 0) is 11.3 Å². The number of thiocarbonyl (C=S) groups is 1. The third kappa shape index (κ3) is 4.32. The Kier molecular flexibility index (Phi) is 5.93. The quantitative estimate of drug-likeness (QED) is 0.475. The lowest BCUT2D eigenvalue weighted by atomic mass is 10.2. The fraction of sp³-hybridized carbons (Fsp3) is 0.158. The molecule has 3 rings (SSSR count). The highest BCUT2D eigenvalue weighted by Gasteiger charge is 2.31. The van der Waals surface area contributed by atoms with Crippen LogP contribution in [0.2, 0.25) is 0 Å². The molecule has 0 unspecified atom stereocenters. The van der Waals surface area contributed by atoms with Gasteiger partial charge in [0.1, 0.15) is 10.1 Å². The molecule has 25 heavy (non-hydrogen) atoms. The van der Waals surface area contributed by atoms with Crippen molar-refractivity contribution >= 4 is 56.2 Å². The van der Waals surface area contributed by atoms with E-state index in [2.05, 4.69) is 15.9 Å². The number of hydrogen-bond acceptors (Lipinski definition) is 4. The lowest BCUT2D eigenvalue weighted by molar-refractivity contribution is -0.122. The molecule has 1 fully saturated rings. The van der Waals surface area contributed by atoms with Crippen LogP contribution < -0.4 is 4.74 Å². The van der Waals surface area contributed by atoms with Crippen LogP contribution in [0.4, 0.5) is 0 Å². The molecule has 6 heteroatoms. The monoisotopic (exact) mass is 433 g/mol. The molecule has 0 bridgehead atoms. The second-order valence-electron chi connectivity index (χ2n) is 5.38. The molecule has 2 aromatic rings. The highest BCUT2D eigenvalue weighted by molar-refractivity contribution is 9.10. The maximum atomic E-state index is 12.7. The van der Waals surface area contributed by atoms with Gasteiger partial charge < -0.3 is 4.74 Å². The molecule has 0 N–H and O–H groups in total. The second kappa shape index (κ2) is 8.17. The van der Waals surface area contributed by atoms with Crippen molar-refractivity contribution in [3.05, 3.63) is 69.0 Å². The van der Waals surface area contributed by atoms with Crippen molar-refractivity contribution in [1.82, 2.24) is 4.90 Å². The van der Waals surface area contributed by atoms with E-state index in [-0.39, 0.29) is 5.91 Å². The molecule has 2 aromatic carbocycles. The first-order chi connectivity index (χ1) is 12.1. The minimum Gasteiger partial charge on any atom is -0.493 e. The fourth-order valence-electron chi connectivity index (χ4n) is 2.43. The van der Waals surface area contributed by atoms with E-state index in [1.165, 1.54) is 11.8 Å². The first kappa shape index (κ1) is 18.2. The summed E-state index contributed by atoms with van der Waals surface area (Å²) in [4.78, 5) is 15.0. The van der Waals surface area contributed by atoms with Gasteiger partial charge in [0.15, 0.2) is 0 Å². The molecule has 1 aliphatic rings. The number of thioether (sulfide) groups is 1. The van der Waals surface area contributed by atoms with Gasteiger partial charge >= 0.3 is 0 Å². The number of carbonyl (C=O) groups is 1. The Morgan fingerprint density at radius 1 is 1.24 bits per heavy atom. The highest BCUT2D eigenvalue weighted by Crippen LogP contribution is 2.34. The molecule has 0 aliphatic carbocycles. The summed E-state index contributed by atoms with van der Waals surface area (Å²) in [6.45, 7) is 3.05. The molecule has 1 aliphatic heterocycles. The zero-order chi connectivity index (χ0) is 17.8. The van der Waals surface area contributed by atoms with E-state index in [1.54, 1.807) is 4.90 Å². The molecular formula is C19H16BrNO2S2. The van der Waals surface area contributed by atoms with Crippen LogP contribution in [0.5, 0.6) is 5.75 Å². The van der Waals surface area contributed by atoms with Crippen LogP contribution in [-0.4, -0.2) is 21.7 Å². The predicted molar refractivity (Wildman–Crippen MR) is 110 cm³/mol. The van der Waals surface area contributed by atoms with E-state index < -0.39 is 0 Å². The van der Waals surface area contributed by atoms with Crippen LogP contribution in [0.15, 0.2) is 57.9 Å². The number of halogens is 1. The van der Waals surface area contributed by atoms with E-state index >= 15 is 0 Å². The van der Waals surface area contributed by atoms with E-state index in [9.17, 15) is 4.79 Å². The normalized spacial score (nSPS) is 15.9. The van der Waals surface area contributed by atoms with Crippen LogP contribution in [0, 0.1) is 0 Å². The van der Waals surface area contributed by atoms with E-state index in [0.29, 0.717) is 22.4 Å². The van der Waals surface area contributed by atoms with Crippen molar-refractivity contribution in [2.24, 2.45) is 0 Å². The summed E-state index contributed by atoms with van der Waals surface area (Å²) in [6, 6.07) is 15.6. The number of hydrogen-bond donors (Lipinski definition) is 0. The topological polar surface area (TPSA) is 29.5 Å². The second-order valence-corrected chi connectivity index (χ2v) is 7.91. The molecule has 1 amide bonds. The summed E-state index contributed by atoms with van der Waals surface area (Å²) < 4.78 is 6.97.